The van der Waals surface area contributed by atoms with Crippen molar-refractivity contribution < 1.29 is 29.4 Å². The Balaban J connectivity index is -0.000000147. The van der Waals surface area contributed by atoms with Crippen molar-refractivity contribution in [2.75, 3.05) is 6.66 Å². The molecule has 36 heavy (non-hydrogen) atoms. The molecule has 7 heteroatoms. The predicted octanol–water partition coefficient (Wildman–Crippen LogP) is 8.10. The zero-order valence-corrected chi connectivity index (χ0v) is 25.3. The minimum atomic E-state index is -0.914. The number of aliphatic hydroxyl groups excluding tert-OH is 1. The minimum Gasteiger partial charge on any atom is -0.508 e. The van der Waals surface area contributed by atoms with Gasteiger partial charge < -0.3 is 19.8 Å². The SMILES string of the molecule is C#CCC.C/C=C\C(O)=C/C.CC.CC.CPO.Cc1ccc(OC(=O)CC(C)(C)CC(=O)O)cc1. The molecule has 1 aromatic rings. The number of aliphatic hydroxyl groups is 1. The van der Waals surface area contributed by atoms with E-state index in [4.69, 9.17) is 26.3 Å². The van der Waals surface area contributed by atoms with Gasteiger partial charge in [0, 0.05) is 15.2 Å². The number of allylic oxidation sites excluding steroid dienone is 3. The Bertz CT molecular complexity index is 729. The third kappa shape index (κ3) is 38.6. The Hall–Kier alpha value is -2.61. The Labute approximate surface area is 222 Å². The summed E-state index contributed by atoms with van der Waals surface area (Å²) >= 11 is 0. The third-order valence-corrected chi connectivity index (χ3v) is 3.34. The zero-order chi connectivity index (χ0) is 29.6. The molecule has 208 valence electrons. The van der Waals surface area contributed by atoms with Gasteiger partial charge in [0.2, 0.25) is 0 Å². The molecule has 0 aliphatic carbocycles. The second-order valence-corrected chi connectivity index (χ2v) is 7.64. The molecular formula is C29H51O6P. The molecule has 0 spiro atoms. The van der Waals surface area contributed by atoms with Crippen LogP contribution in [0.5, 0.6) is 5.75 Å². The smallest absolute Gasteiger partial charge is 0.311 e. The average Bonchev–Trinajstić information content (AvgIpc) is 2.83. The van der Waals surface area contributed by atoms with Crippen LogP contribution >= 0.6 is 8.81 Å². The maximum Gasteiger partial charge on any atom is 0.311 e. The number of hydrogen-bond acceptors (Lipinski definition) is 5. The van der Waals surface area contributed by atoms with Gasteiger partial charge in [0.1, 0.15) is 11.5 Å². The van der Waals surface area contributed by atoms with Crippen LogP contribution in [0.3, 0.4) is 0 Å². The normalized spacial score (nSPS) is 9.81. The van der Waals surface area contributed by atoms with Crippen LogP contribution in [-0.2, 0) is 9.59 Å². The fourth-order valence-electron chi connectivity index (χ4n) is 1.90. The summed E-state index contributed by atoms with van der Waals surface area (Å²) in [6.07, 6.45) is 10.7. The van der Waals surface area contributed by atoms with Gasteiger partial charge in [0.25, 0.3) is 0 Å². The van der Waals surface area contributed by atoms with E-state index in [1.165, 1.54) is 0 Å². The topological polar surface area (TPSA) is 104 Å². The van der Waals surface area contributed by atoms with E-state index in [1.54, 1.807) is 57.8 Å². The molecule has 0 saturated heterocycles. The van der Waals surface area contributed by atoms with Crippen LogP contribution in [0.2, 0.25) is 0 Å². The second-order valence-electron chi connectivity index (χ2n) is 7.19. The molecule has 0 radical (unpaired) electrons. The lowest BCUT2D eigenvalue weighted by atomic mass is 9.86. The average molecular weight is 527 g/mol. The summed E-state index contributed by atoms with van der Waals surface area (Å²) in [7, 11) is 0.0833. The summed E-state index contributed by atoms with van der Waals surface area (Å²) in [5, 5.41) is 17.4. The number of carboxylic acid groups (broad SMARTS) is 1. The fourth-order valence-corrected chi connectivity index (χ4v) is 1.90. The van der Waals surface area contributed by atoms with Crippen molar-refractivity contribution >= 4 is 20.7 Å². The first-order valence-electron chi connectivity index (χ1n) is 12.1. The molecule has 0 heterocycles. The highest BCUT2D eigenvalue weighted by Gasteiger charge is 2.26. The van der Waals surface area contributed by atoms with Crippen molar-refractivity contribution in [3.63, 3.8) is 0 Å². The van der Waals surface area contributed by atoms with E-state index in [0.29, 0.717) is 11.5 Å². The van der Waals surface area contributed by atoms with Gasteiger partial charge in [0.05, 0.1) is 12.8 Å². The third-order valence-electron chi connectivity index (χ3n) is 3.34. The first kappa shape index (κ1) is 43.5. The van der Waals surface area contributed by atoms with E-state index in [2.05, 4.69) is 5.92 Å². The number of carboxylic acids is 1. The Morgan fingerprint density at radius 2 is 1.47 bits per heavy atom. The number of carbonyl (C=O) groups is 2. The molecule has 3 N–H and O–H groups in total. The molecule has 0 fully saturated rings. The lowest BCUT2D eigenvalue weighted by Gasteiger charge is -2.20. The minimum absolute atomic E-state index is 0.0595. The number of esters is 1. The molecule has 1 atom stereocenters. The summed E-state index contributed by atoms with van der Waals surface area (Å²) in [5.74, 6) is 1.91. The van der Waals surface area contributed by atoms with Crippen LogP contribution in [0.15, 0.2) is 48.3 Å². The van der Waals surface area contributed by atoms with Crippen molar-refractivity contribution in [1.82, 2.24) is 0 Å². The van der Waals surface area contributed by atoms with Gasteiger partial charge in [-0.2, -0.15) is 0 Å². The molecule has 0 aliphatic rings. The first-order chi connectivity index (χ1) is 16.9. The van der Waals surface area contributed by atoms with Gasteiger partial charge in [-0.1, -0.05) is 72.2 Å². The van der Waals surface area contributed by atoms with E-state index in [0.717, 1.165) is 12.0 Å². The number of ether oxygens (including phenoxy) is 1. The van der Waals surface area contributed by atoms with Crippen LogP contribution in [-0.4, -0.2) is 33.7 Å². The number of rotatable bonds is 6. The molecule has 1 aromatic carbocycles. The summed E-state index contributed by atoms with van der Waals surface area (Å²) in [4.78, 5) is 29.9. The van der Waals surface area contributed by atoms with E-state index in [9.17, 15) is 9.59 Å². The lowest BCUT2D eigenvalue weighted by Crippen LogP contribution is -2.23. The molecule has 6 nitrogen and oxygen atoms in total. The highest BCUT2D eigenvalue weighted by molar-refractivity contribution is 7.29. The molecule has 0 amide bonds. The molecule has 1 unspecified atom stereocenters. The fraction of sp³-hybridized carbons (Fsp3) is 0.517. The van der Waals surface area contributed by atoms with Crippen LogP contribution in [0, 0.1) is 24.7 Å². The first-order valence-corrected chi connectivity index (χ1v) is 13.6. The highest BCUT2D eigenvalue weighted by atomic mass is 31.1. The molecule has 0 aromatic heterocycles. The quantitative estimate of drug-likeness (QED) is 0.0864. The van der Waals surface area contributed by atoms with Gasteiger partial charge in [-0.3, -0.25) is 9.59 Å². The van der Waals surface area contributed by atoms with Gasteiger partial charge >= 0.3 is 11.9 Å². The molecular weight excluding hydrogens is 475 g/mol. The van der Waals surface area contributed by atoms with E-state index in [-0.39, 0.29) is 21.6 Å². The largest absolute Gasteiger partial charge is 0.508 e. The van der Waals surface area contributed by atoms with Crippen LogP contribution in [0.4, 0.5) is 0 Å². The van der Waals surface area contributed by atoms with E-state index >= 15 is 0 Å². The molecule has 0 saturated carbocycles. The van der Waals surface area contributed by atoms with Crippen molar-refractivity contribution in [2.24, 2.45) is 5.41 Å². The number of benzene rings is 1. The number of aryl methyl sites for hydroxylation is 1. The van der Waals surface area contributed by atoms with E-state index < -0.39 is 17.4 Å². The summed E-state index contributed by atoms with van der Waals surface area (Å²) in [6.45, 7) is 20.7. The summed E-state index contributed by atoms with van der Waals surface area (Å²) in [5.41, 5.74) is 0.481. The number of carbonyl (C=O) groups excluding carboxylic acids is 1. The van der Waals surface area contributed by atoms with Gasteiger partial charge in [-0.15, -0.1) is 12.3 Å². The Morgan fingerprint density at radius 3 is 1.75 bits per heavy atom. The molecule has 0 aliphatic heterocycles. The van der Waals surface area contributed by atoms with Crippen molar-refractivity contribution in [3.8, 4) is 18.1 Å². The Kier molecular flexibility index (Phi) is 39.1. The van der Waals surface area contributed by atoms with Crippen molar-refractivity contribution in [3.05, 3.63) is 53.8 Å². The second kappa shape index (κ2) is 32.4. The lowest BCUT2D eigenvalue weighted by molar-refractivity contribution is -0.141. The highest BCUT2D eigenvalue weighted by Crippen LogP contribution is 2.26. The summed E-state index contributed by atoms with van der Waals surface area (Å²) < 4.78 is 5.15. The number of hydrogen-bond donors (Lipinski definition) is 3. The number of aliphatic carboxylic acids is 1. The maximum atomic E-state index is 11.7. The van der Waals surface area contributed by atoms with Gasteiger partial charge in [-0.25, -0.2) is 0 Å². The van der Waals surface area contributed by atoms with Crippen molar-refractivity contribution in [1.29, 1.82) is 0 Å². The Morgan fingerprint density at radius 1 is 1.06 bits per heavy atom. The monoisotopic (exact) mass is 526 g/mol. The summed E-state index contributed by atoms with van der Waals surface area (Å²) in [6, 6.07) is 7.14. The standard InChI is InChI=1S/C14H18O4.C6H10O.C4H6.2C2H6.CH5OP/c1-10-4-6-11(7-5-10)18-13(17)9-14(2,3)8-12(15)16;1-3-5-6(7)4-2;1-3-4-2;2*1-2;1-3-2/h4-7H,8-9H2,1-3H3,(H,15,16);3-5,7H,1-2H3;1H,4H2,2H3;2*1-2H3;2-3H,1H3/b;5-3-,6-4+;;;;. The molecule has 0 bridgehead atoms. The van der Waals surface area contributed by atoms with Crippen molar-refractivity contribution in [2.45, 2.75) is 88.5 Å². The van der Waals surface area contributed by atoms with Crippen LogP contribution < -0.4 is 4.74 Å². The van der Waals surface area contributed by atoms with Gasteiger partial charge in [0.15, 0.2) is 0 Å². The van der Waals surface area contributed by atoms with Crippen LogP contribution in [0.1, 0.15) is 87.1 Å². The van der Waals surface area contributed by atoms with E-state index in [1.807, 2.05) is 60.6 Å². The number of terminal acetylenes is 1. The maximum absolute atomic E-state index is 11.7. The molecule has 1 rings (SSSR count). The predicted molar refractivity (Wildman–Crippen MR) is 157 cm³/mol. The van der Waals surface area contributed by atoms with Crippen LogP contribution in [0.25, 0.3) is 0 Å². The zero-order valence-electron chi connectivity index (χ0n) is 24.3. The van der Waals surface area contributed by atoms with Gasteiger partial charge in [-0.05, 0) is 57.1 Å².